The number of nitrogens with one attached hydrogen (secondary N) is 1. The molecule has 0 amide bonds. The number of sulfonamides is 1. The number of methoxy groups -OCH3 is 2. The van der Waals surface area contributed by atoms with E-state index in [9.17, 15) is 8.42 Å². The highest BCUT2D eigenvalue weighted by Gasteiger charge is 2.34. The number of aromatic nitrogens is 7. The maximum absolute atomic E-state index is 13.5. The summed E-state index contributed by atoms with van der Waals surface area (Å²) >= 11 is 0. The Bertz CT molecular complexity index is 1250. The molecule has 3 aromatic rings. The summed E-state index contributed by atoms with van der Waals surface area (Å²) in [6, 6.07) is 0. The van der Waals surface area contributed by atoms with Crippen LogP contribution in [0.3, 0.4) is 0 Å². The van der Waals surface area contributed by atoms with Gasteiger partial charge < -0.3 is 9.47 Å². The van der Waals surface area contributed by atoms with Crippen LogP contribution in [0.5, 0.6) is 11.8 Å². The van der Waals surface area contributed by atoms with Crippen molar-refractivity contribution in [1.82, 2.24) is 34.7 Å². The molecule has 1 aliphatic carbocycles. The van der Waals surface area contributed by atoms with Crippen LogP contribution >= 0.6 is 0 Å². The third-order valence-electron chi connectivity index (χ3n) is 6.41. The summed E-state index contributed by atoms with van der Waals surface area (Å²) in [6.45, 7) is 5.27. The number of aryl methyl sites for hydroxylation is 1. The lowest BCUT2D eigenvalue weighted by molar-refractivity contribution is 0.367. The lowest BCUT2D eigenvalue weighted by Gasteiger charge is -2.21. The summed E-state index contributed by atoms with van der Waals surface area (Å²) in [5, 5.41) is 7.74. The third-order valence-corrected chi connectivity index (χ3v) is 8.26. The molecule has 0 aromatic carbocycles. The maximum atomic E-state index is 13.5. The van der Waals surface area contributed by atoms with Crippen LogP contribution in [0.1, 0.15) is 68.6 Å². The first kappa shape index (κ1) is 24.8. The zero-order valence-corrected chi connectivity index (χ0v) is 21.3. The molecule has 1 fully saturated rings. The van der Waals surface area contributed by atoms with Crippen molar-refractivity contribution in [3.63, 3.8) is 0 Å². The highest BCUT2D eigenvalue weighted by Crippen LogP contribution is 2.39. The minimum Gasteiger partial charge on any atom is -0.479 e. The van der Waals surface area contributed by atoms with Crippen molar-refractivity contribution in [2.75, 3.05) is 18.9 Å². The molecule has 2 unspecified atom stereocenters. The van der Waals surface area contributed by atoms with Gasteiger partial charge in [-0.2, -0.15) is 9.97 Å². The first-order valence-electron chi connectivity index (χ1n) is 11.5. The standard InChI is InChI=1S/C22H30N8O4S/c1-13-10-23-18(24-11-13)14(2)15(3)35(31,32)29-22-28-27-19(16-8-6-7-9-16)30(22)17-20(33-4)25-12-26-21(17)34-5/h10-12,14-16H,6-9H2,1-5H3,(H,28,29). The summed E-state index contributed by atoms with van der Waals surface area (Å²) in [7, 11) is -0.982. The quantitative estimate of drug-likeness (QED) is 0.463. The van der Waals surface area contributed by atoms with Crippen molar-refractivity contribution >= 4 is 16.0 Å². The molecule has 0 radical (unpaired) electrons. The fraction of sp³-hybridized carbons (Fsp3) is 0.545. The first-order chi connectivity index (χ1) is 16.8. The van der Waals surface area contributed by atoms with Crippen LogP contribution in [0.4, 0.5) is 5.95 Å². The Hall–Kier alpha value is -3.35. The van der Waals surface area contributed by atoms with E-state index in [1.165, 1.54) is 20.5 Å². The Morgan fingerprint density at radius 1 is 1.00 bits per heavy atom. The molecular formula is C22H30N8O4S. The summed E-state index contributed by atoms with van der Waals surface area (Å²) < 4.78 is 42.1. The molecule has 0 spiro atoms. The smallest absolute Gasteiger partial charge is 0.245 e. The van der Waals surface area contributed by atoms with Gasteiger partial charge in [0, 0.05) is 24.2 Å². The van der Waals surface area contributed by atoms with Gasteiger partial charge in [-0.15, -0.1) is 10.2 Å². The van der Waals surface area contributed by atoms with Gasteiger partial charge in [-0.25, -0.2) is 18.4 Å². The lowest BCUT2D eigenvalue weighted by Crippen LogP contribution is -2.31. The normalized spacial score (nSPS) is 16.1. The van der Waals surface area contributed by atoms with E-state index in [0.29, 0.717) is 17.3 Å². The molecule has 0 saturated heterocycles. The molecule has 2 atom stereocenters. The van der Waals surface area contributed by atoms with E-state index in [4.69, 9.17) is 9.47 Å². The van der Waals surface area contributed by atoms with Crippen LogP contribution in [0.2, 0.25) is 0 Å². The molecular weight excluding hydrogens is 472 g/mol. The molecule has 12 nitrogen and oxygen atoms in total. The predicted molar refractivity (Wildman–Crippen MR) is 128 cm³/mol. The summed E-state index contributed by atoms with van der Waals surface area (Å²) in [5.41, 5.74) is 1.24. The average Bonchev–Trinajstić information content (AvgIpc) is 3.52. The topological polar surface area (TPSA) is 147 Å². The monoisotopic (exact) mass is 502 g/mol. The van der Waals surface area contributed by atoms with Crippen LogP contribution in [0.15, 0.2) is 18.7 Å². The van der Waals surface area contributed by atoms with Gasteiger partial charge in [-0.1, -0.05) is 19.8 Å². The van der Waals surface area contributed by atoms with Crippen molar-refractivity contribution in [2.24, 2.45) is 0 Å². The molecule has 4 rings (SSSR count). The van der Waals surface area contributed by atoms with Crippen molar-refractivity contribution in [3.8, 4) is 17.4 Å². The molecule has 1 saturated carbocycles. The fourth-order valence-corrected chi connectivity index (χ4v) is 5.44. The second-order valence-corrected chi connectivity index (χ2v) is 10.7. The SMILES string of the molecule is COc1ncnc(OC)c1-n1c(NS(=O)(=O)C(C)C(C)c2ncc(C)cn2)nnc1C1CCCC1. The first-order valence-corrected chi connectivity index (χ1v) is 13.0. The van der Waals surface area contributed by atoms with Gasteiger partial charge in [-0.3, -0.25) is 9.29 Å². The van der Waals surface area contributed by atoms with Gasteiger partial charge in [0.1, 0.15) is 18.0 Å². The Labute approximate surface area is 204 Å². The average molecular weight is 503 g/mol. The molecule has 35 heavy (non-hydrogen) atoms. The number of nitrogens with zero attached hydrogens (tertiary/aromatic N) is 7. The molecule has 1 N–H and O–H groups in total. The number of rotatable bonds is 9. The molecule has 1 aliphatic rings. The van der Waals surface area contributed by atoms with E-state index in [0.717, 1.165) is 31.2 Å². The van der Waals surface area contributed by atoms with Gasteiger partial charge in [0.2, 0.25) is 27.7 Å². The molecule has 188 valence electrons. The minimum absolute atomic E-state index is 0.0159. The Morgan fingerprint density at radius 2 is 1.60 bits per heavy atom. The molecule has 0 bridgehead atoms. The third kappa shape index (κ3) is 4.90. The molecule has 0 aliphatic heterocycles. The molecule has 13 heteroatoms. The number of ether oxygens (including phenoxy) is 2. The second kappa shape index (κ2) is 10.1. The Kier molecular flexibility index (Phi) is 7.15. The van der Waals surface area contributed by atoms with E-state index >= 15 is 0 Å². The van der Waals surface area contributed by atoms with Crippen LogP contribution < -0.4 is 14.2 Å². The fourth-order valence-electron chi connectivity index (χ4n) is 4.21. The summed E-state index contributed by atoms with van der Waals surface area (Å²) in [4.78, 5) is 17.0. The highest BCUT2D eigenvalue weighted by molar-refractivity contribution is 7.93. The number of hydrogen-bond acceptors (Lipinski definition) is 10. The summed E-state index contributed by atoms with van der Waals surface area (Å²) in [6.07, 6.45) is 8.61. The van der Waals surface area contributed by atoms with Crippen LogP contribution in [-0.4, -0.2) is 62.6 Å². The Morgan fingerprint density at radius 3 is 2.17 bits per heavy atom. The zero-order chi connectivity index (χ0) is 25.2. The maximum Gasteiger partial charge on any atom is 0.245 e. The van der Waals surface area contributed by atoms with Crippen LogP contribution in [0, 0.1) is 6.92 Å². The van der Waals surface area contributed by atoms with E-state index in [1.54, 1.807) is 30.8 Å². The number of hydrogen-bond donors (Lipinski definition) is 1. The van der Waals surface area contributed by atoms with E-state index in [1.807, 2.05) is 6.92 Å². The second-order valence-electron chi connectivity index (χ2n) is 8.70. The zero-order valence-electron chi connectivity index (χ0n) is 20.5. The van der Waals surface area contributed by atoms with Crippen molar-refractivity contribution < 1.29 is 17.9 Å². The predicted octanol–water partition coefficient (Wildman–Crippen LogP) is 2.76. The minimum atomic E-state index is -3.93. The van der Waals surface area contributed by atoms with Crippen molar-refractivity contribution in [3.05, 3.63) is 35.9 Å². The molecule has 3 heterocycles. The van der Waals surface area contributed by atoms with Gasteiger partial charge in [-0.05, 0) is 32.3 Å². The molecule has 3 aromatic heterocycles. The van der Waals surface area contributed by atoms with E-state index < -0.39 is 21.2 Å². The van der Waals surface area contributed by atoms with Gasteiger partial charge >= 0.3 is 0 Å². The van der Waals surface area contributed by atoms with Crippen LogP contribution in [0.25, 0.3) is 5.69 Å². The lowest BCUT2D eigenvalue weighted by atomic mass is 10.1. The highest BCUT2D eigenvalue weighted by atomic mass is 32.2. The van der Waals surface area contributed by atoms with E-state index in [-0.39, 0.29) is 23.6 Å². The van der Waals surface area contributed by atoms with E-state index in [2.05, 4.69) is 34.9 Å². The van der Waals surface area contributed by atoms with Gasteiger partial charge in [0.15, 0.2) is 5.69 Å². The Balaban J connectivity index is 1.76. The van der Waals surface area contributed by atoms with Gasteiger partial charge in [0.05, 0.1) is 19.5 Å². The van der Waals surface area contributed by atoms with Gasteiger partial charge in [0.25, 0.3) is 0 Å². The summed E-state index contributed by atoms with van der Waals surface area (Å²) in [5.74, 6) is 1.13. The van der Waals surface area contributed by atoms with Crippen molar-refractivity contribution in [2.45, 2.75) is 63.5 Å². The van der Waals surface area contributed by atoms with Crippen molar-refractivity contribution in [1.29, 1.82) is 0 Å². The number of anilines is 1. The van der Waals surface area contributed by atoms with Crippen LogP contribution in [-0.2, 0) is 10.0 Å². The largest absolute Gasteiger partial charge is 0.479 e.